The first-order chi connectivity index (χ1) is 10.1. The van der Waals surface area contributed by atoms with Gasteiger partial charge >= 0.3 is 0 Å². The van der Waals surface area contributed by atoms with Crippen molar-refractivity contribution in [2.45, 2.75) is 31.0 Å². The van der Waals surface area contributed by atoms with Crippen LogP contribution in [0.3, 0.4) is 0 Å². The maximum atomic E-state index is 14.0. The fourth-order valence-electron chi connectivity index (χ4n) is 2.94. The minimum atomic E-state index is -1.03. The van der Waals surface area contributed by atoms with E-state index in [1.807, 2.05) is 0 Å². The van der Waals surface area contributed by atoms with Crippen molar-refractivity contribution >= 4 is 0 Å². The van der Waals surface area contributed by atoms with Crippen molar-refractivity contribution in [1.29, 1.82) is 0 Å². The predicted molar refractivity (Wildman–Crippen MR) is 72.5 cm³/mol. The van der Waals surface area contributed by atoms with Crippen molar-refractivity contribution in [3.8, 4) is 0 Å². The Bertz CT molecular complexity index is 662. The van der Waals surface area contributed by atoms with Gasteiger partial charge in [-0.3, -0.25) is 4.98 Å². The Kier molecular flexibility index (Phi) is 3.69. The van der Waals surface area contributed by atoms with E-state index in [1.54, 1.807) is 12.1 Å². The summed E-state index contributed by atoms with van der Waals surface area (Å²) < 4.78 is 27.4. The van der Waals surface area contributed by atoms with Crippen LogP contribution in [0.1, 0.15) is 47.8 Å². The number of halogens is 2. The van der Waals surface area contributed by atoms with Crippen molar-refractivity contribution in [3.05, 3.63) is 65.0 Å². The SMILES string of the molecule is OC1c2cccnc2[C@H](O)CC[C@H]1c1cccc(F)c1F. The number of rotatable bonds is 1. The number of aromatic nitrogens is 1. The zero-order chi connectivity index (χ0) is 15.0. The van der Waals surface area contributed by atoms with Crippen LogP contribution >= 0.6 is 0 Å². The Morgan fingerprint density at radius 2 is 1.76 bits per heavy atom. The maximum absolute atomic E-state index is 14.0. The Labute approximate surface area is 120 Å². The highest BCUT2D eigenvalue weighted by Crippen LogP contribution is 2.42. The van der Waals surface area contributed by atoms with E-state index in [2.05, 4.69) is 4.98 Å². The van der Waals surface area contributed by atoms with Gasteiger partial charge in [0.1, 0.15) is 0 Å². The first-order valence-corrected chi connectivity index (χ1v) is 6.84. The van der Waals surface area contributed by atoms with Gasteiger partial charge in [-0.2, -0.15) is 0 Å². The molecule has 2 aromatic rings. The van der Waals surface area contributed by atoms with E-state index in [4.69, 9.17) is 0 Å². The summed E-state index contributed by atoms with van der Waals surface area (Å²) in [6, 6.07) is 7.25. The summed E-state index contributed by atoms with van der Waals surface area (Å²) in [4.78, 5) is 4.10. The van der Waals surface area contributed by atoms with Gasteiger partial charge in [-0.25, -0.2) is 8.78 Å². The molecule has 110 valence electrons. The van der Waals surface area contributed by atoms with Crippen LogP contribution < -0.4 is 0 Å². The first kappa shape index (κ1) is 14.1. The predicted octanol–water partition coefficient (Wildman–Crippen LogP) is 3.00. The Morgan fingerprint density at radius 1 is 1.00 bits per heavy atom. The van der Waals surface area contributed by atoms with E-state index in [9.17, 15) is 19.0 Å². The number of pyridine rings is 1. The summed E-state index contributed by atoms with van der Waals surface area (Å²) in [6.07, 6.45) is 0.387. The normalized spacial score (nSPS) is 25.2. The van der Waals surface area contributed by atoms with Crippen molar-refractivity contribution in [2.24, 2.45) is 0 Å². The third kappa shape index (κ3) is 2.43. The van der Waals surface area contributed by atoms with Crippen LogP contribution in [0.4, 0.5) is 8.78 Å². The molecule has 0 spiro atoms. The van der Waals surface area contributed by atoms with Gasteiger partial charge in [-0.1, -0.05) is 18.2 Å². The Balaban J connectivity index is 2.07. The molecule has 1 unspecified atom stereocenters. The third-order valence-corrected chi connectivity index (χ3v) is 4.02. The van der Waals surface area contributed by atoms with Crippen LogP contribution in [0.2, 0.25) is 0 Å². The largest absolute Gasteiger partial charge is 0.388 e. The van der Waals surface area contributed by atoms with Gasteiger partial charge in [-0.15, -0.1) is 0 Å². The highest BCUT2D eigenvalue weighted by molar-refractivity contribution is 5.32. The molecule has 0 saturated heterocycles. The van der Waals surface area contributed by atoms with E-state index in [-0.39, 0.29) is 5.56 Å². The molecule has 3 rings (SSSR count). The Morgan fingerprint density at radius 3 is 2.57 bits per heavy atom. The summed E-state index contributed by atoms with van der Waals surface area (Å²) in [5.74, 6) is -2.49. The van der Waals surface area contributed by atoms with Gasteiger partial charge in [0, 0.05) is 17.7 Å². The fraction of sp³-hybridized carbons (Fsp3) is 0.312. The van der Waals surface area contributed by atoms with Crippen molar-refractivity contribution < 1.29 is 19.0 Å². The summed E-state index contributed by atoms with van der Waals surface area (Å²) in [6.45, 7) is 0. The van der Waals surface area contributed by atoms with Crippen molar-refractivity contribution in [2.75, 3.05) is 0 Å². The molecule has 1 heterocycles. The molecular weight excluding hydrogens is 276 g/mol. The van der Waals surface area contributed by atoms with E-state index < -0.39 is 29.8 Å². The van der Waals surface area contributed by atoms with Gasteiger partial charge in [0.05, 0.1) is 17.9 Å². The number of aliphatic hydroxyl groups excluding tert-OH is 2. The van der Waals surface area contributed by atoms with Crippen LogP contribution in [0.5, 0.6) is 0 Å². The number of hydrogen-bond donors (Lipinski definition) is 2. The molecule has 0 radical (unpaired) electrons. The molecule has 0 bridgehead atoms. The monoisotopic (exact) mass is 291 g/mol. The van der Waals surface area contributed by atoms with Crippen LogP contribution in [0.25, 0.3) is 0 Å². The molecule has 21 heavy (non-hydrogen) atoms. The second-order valence-corrected chi connectivity index (χ2v) is 5.27. The fourth-order valence-corrected chi connectivity index (χ4v) is 2.94. The zero-order valence-electron chi connectivity index (χ0n) is 11.2. The second-order valence-electron chi connectivity index (χ2n) is 5.27. The molecule has 0 fully saturated rings. The van der Waals surface area contributed by atoms with Crippen LogP contribution in [0.15, 0.2) is 36.5 Å². The van der Waals surface area contributed by atoms with Crippen molar-refractivity contribution in [3.63, 3.8) is 0 Å². The quantitative estimate of drug-likeness (QED) is 0.794. The van der Waals surface area contributed by atoms with Crippen LogP contribution in [-0.2, 0) is 0 Å². The van der Waals surface area contributed by atoms with Gasteiger partial charge in [-0.05, 0) is 30.5 Å². The molecule has 0 aliphatic heterocycles. The zero-order valence-corrected chi connectivity index (χ0v) is 11.2. The molecule has 1 aliphatic rings. The maximum Gasteiger partial charge on any atom is 0.162 e. The average Bonchev–Trinajstić information content (AvgIpc) is 2.62. The molecule has 3 atom stereocenters. The molecule has 0 amide bonds. The average molecular weight is 291 g/mol. The third-order valence-electron chi connectivity index (χ3n) is 4.02. The molecular formula is C16H15F2NO2. The van der Waals surface area contributed by atoms with E-state index >= 15 is 0 Å². The summed E-state index contributed by atoms with van der Waals surface area (Å²) in [7, 11) is 0. The van der Waals surface area contributed by atoms with E-state index in [0.29, 0.717) is 24.1 Å². The lowest BCUT2D eigenvalue weighted by atomic mass is 9.87. The van der Waals surface area contributed by atoms with E-state index in [0.717, 1.165) is 6.07 Å². The Hall–Kier alpha value is -1.85. The molecule has 1 aromatic heterocycles. The van der Waals surface area contributed by atoms with E-state index in [1.165, 1.54) is 18.3 Å². The lowest BCUT2D eigenvalue weighted by Crippen LogP contribution is -2.13. The highest BCUT2D eigenvalue weighted by Gasteiger charge is 2.33. The number of nitrogens with zero attached hydrogens (tertiary/aromatic N) is 1. The molecule has 1 aliphatic carbocycles. The van der Waals surface area contributed by atoms with Crippen LogP contribution in [0, 0.1) is 11.6 Å². The molecule has 2 N–H and O–H groups in total. The minimum absolute atomic E-state index is 0.131. The summed E-state index contributed by atoms with van der Waals surface area (Å²) in [5, 5.41) is 20.7. The standard InChI is InChI=1S/C16H15F2NO2/c17-12-5-1-3-9(14(12)18)10-6-7-13(20)15-11(16(10)21)4-2-8-19-15/h1-5,8,10,13,16,20-21H,6-7H2/t10-,13+,16?/m0/s1. The van der Waals surface area contributed by atoms with Gasteiger partial charge in [0.15, 0.2) is 11.6 Å². The number of fused-ring (bicyclic) bond motifs is 1. The van der Waals surface area contributed by atoms with Crippen molar-refractivity contribution in [1.82, 2.24) is 4.98 Å². The lowest BCUT2D eigenvalue weighted by Gasteiger charge is -2.22. The topological polar surface area (TPSA) is 53.4 Å². The molecule has 0 saturated carbocycles. The number of aliphatic hydroxyl groups is 2. The highest BCUT2D eigenvalue weighted by atomic mass is 19.2. The minimum Gasteiger partial charge on any atom is -0.388 e. The molecule has 5 heteroatoms. The van der Waals surface area contributed by atoms with Crippen LogP contribution in [-0.4, -0.2) is 15.2 Å². The summed E-state index contributed by atoms with van der Waals surface area (Å²) in [5.41, 5.74) is 1.01. The second kappa shape index (κ2) is 5.50. The van der Waals surface area contributed by atoms with Gasteiger partial charge in [0.2, 0.25) is 0 Å². The lowest BCUT2D eigenvalue weighted by molar-refractivity contribution is 0.135. The number of hydrogen-bond acceptors (Lipinski definition) is 3. The van der Waals surface area contributed by atoms with Gasteiger partial charge < -0.3 is 10.2 Å². The smallest absolute Gasteiger partial charge is 0.162 e. The molecule has 3 nitrogen and oxygen atoms in total. The van der Waals surface area contributed by atoms with Gasteiger partial charge in [0.25, 0.3) is 0 Å². The molecule has 1 aromatic carbocycles. The summed E-state index contributed by atoms with van der Waals surface area (Å²) >= 11 is 0. The number of benzene rings is 1. The first-order valence-electron chi connectivity index (χ1n) is 6.84.